The Balaban J connectivity index is 1.64. The van der Waals surface area contributed by atoms with Crippen molar-refractivity contribution in [2.45, 2.75) is 71.0 Å². The number of nitriles is 1. The van der Waals surface area contributed by atoms with E-state index >= 15 is 4.39 Å². The van der Waals surface area contributed by atoms with Gasteiger partial charge in [0.05, 0.1) is 41.5 Å². The molecule has 2 aliphatic rings. The maximum atomic E-state index is 16.0. The molecule has 4 aromatic heterocycles. The van der Waals surface area contributed by atoms with Gasteiger partial charge < -0.3 is 9.80 Å². The summed E-state index contributed by atoms with van der Waals surface area (Å²) in [4.78, 5) is 44.3. The quantitative estimate of drug-likeness (QED) is 0.324. The molecule has 6 heterocycles. The van der Waals surface area contributed by atoms with Gasteiger partial charge in [-0.15, -0.1) is 5.10 Å². The fourth-order valence-electron chi connectivity index (χ4n) is 6.21. The molecule has 2 atom stereocenters. The van der Waals surface area contributed by atoms with Gasteiger partial charge in [0, 0.05) is 31.9 Å². The first-order valence-electron chi connectivity index (χ1n) is 14.8. The molecule has 1 saturated heterocycles. The molecule has 13 heteroatoms. The second kappa shape index (κ2) is 11.6. The fraction of sp³-hybridized carbons (Fsp3) is 0.419. The van der Waals surface area contributed by atoms with Gasteiger partial charge in [-0.3, -0.25) is 14.5 Å². The van der Waals surface area contributed by atoms with Crippen molar-refractivity contribution in [1.82, 2.24) is 39.4 Å². The van der Waals surface area contributed by atoms with E-state index in [-0.39, 0.29) is 60.2 Å². The number of rotatable bonds is 4. The molecule has 4 aromatic rings. The van der Waals surface area contributed by atoms with Crippen molar-refractivity contribution in [2.24, 2.45) is 0 Å². The lowest BCUT2D eigenvalue weighted by Crippen LogP contribution is -2.59. The van der Waals surface area contributed by atoms with E-state index in [9.17, 15) is 14.9 Å². The third kappa shape index (κ3) is 5.00. The third-order valence-corrected chi connectivity index (χ3v) is 8.37. The summed E-state index contributed by atoms with van der Waals surface area (Å²) < 4.78 is 19.1. The molecule has 44 heavy (non-hydrogen) atoms. The number of aryl methyl sites for hydroxylation is 2. The van der Waals surface area contributed by atoms with Gasteiger partial charge in [-0.2, -0.15) is 10.2 Å². The molecule has 1 fully saturated rings. The summed E-state index contributed by atoms with van der Waals surface area (Å²) in [5.41, 5.74) is 2.11. The van der Waals surface area contributed by atoms with E-state index < -0.39 is 17.5 Å². The minimum Gasteiger partial charge on any atom is -0.349 e. The SMILES string of the molecule is C=CC(=O)N1CC(C)N(c2nc(=O)n3c4nc(c(F)cc24)-c2cn(nn2)CCCCc2ccnc(C(C)C)c2-3)CC1CC#N. The Morgan fingerprint density at radius 2 is 2.09 bits per heavy atom. The standard InChI is InChI=1S/C31H33FN10O2/c1-5-25(43)41-15-19(4)40(16-21(41)9-11-33)29-22-14-23(32)27-24-17-39(38-37-24)13-7-6-8-20-10-12-34-26(18(2)3)28(20)42(30(22)35-27)31(44)36-29/h5,10,12,14,17-19,21H,1,6-9,13,15-16H2,2-4H3. The molecular formula is C31H33FN10O2. The summed E-state index contributed by atoms with van der Waals surface area (Å²) in [5.74, 6) is -0.698. The van der Waals surface area contributed by atoms with E-state index in [1.54, 1.807) is 22.0 Å². The van der Waals surface area contributed by atoms with Crippen LogP contribution in [0.1, 0.15) is 57.2 Å². The zero-order valence-corrected chi connectivity index (χ0v) is 24.9. The number of nitrogens with zero attached hydrogens (tertiary/aromatic N) is 10. The highest BCUT2D eigenvalue weighted by Crippen LogP contribution is 2.34. The topological polar surface area (TPSA) is 139 Å². The van der Waals surface area contributed by atoms with Gasteiger partial charge in [0.1, 0.15) is 17.2 Å². The molecule has 6 rings (SSSR count). The first kappa shape index (κ1) is 29.1. The largest absolute Gasteiger partial charge is 0.355 e. The number of carbonyl (C=O) groups is 1. The van der Waals surface area contributed by atoms with Crippen molar-refractivity contribution in [3.05, 3.63) is 64.7 Å². The molecule has 0 saturated carbocycles. The van der Waals surface area contributed by atoms with Crippen LogP contribution < -0.4 is 10.6 Å². The third-order valence-electron chi connectivity index (χ3n) is 8.37. The predicted molar refractivity (Wildman–Crippen MR) is 162 cm³/mol. The summed E-state index contributed by atoms with van der Waals surface area (Å²) >= 11 is 0. The van der Waals surface area contributed by atoms with Crippen molar-refractivity contribution in [1.29, 1.82) is 5.26 Å². The van der Waals surface area contributed by atoms with Gasteiger partial charge >= 0.3 is 5.69 Å². The van der Waals surface area contributed by atoms with Crippen LogP contribution in [0.3, 0.4) is 0 Å². The summed E-state index contributed by atoms with van der Waals surface area (Å²) in [6, 6.07) is 4.62. The van der Waals surface area contributed by atoms with Crippen LogP contribution in [-0.2, 0) is 17.8 Å². The molecule has 0 radical (unpaired) electrons. The fourth-order valence-corrected chi connectivity index (χ4v) is 6.21. The second-order valence-corrected chi connectivity index (χ2v) is 11.6. The van der Waals surface area contributed by atoms with Crippen molar-refractivity contribution in [2.75, 3.05) is 18.0 Å². The zero-order valence-electron chi connectivity index (χ0n) is 24.9. The molecule has 12 nitrogen and oxygen atoms in total. The number of amides is 1. The van der Waals surface area contributed by atoms with E-state index in [0.717, 1.165) is 18.4 Å². The van der Waals surface area contributed by atoms with Crippen LogP contribution >= 0.6 is 0 Å². The maximum absolute atomic E-state index is 16.0. The van der Waals surface area contributed by atoms with Crippen LogP contribution in [-0.4, -0.2) is 70.5 Å². The first-order valence-corrected chi connectivity index (χ1v) is 14.8. The Kier molecular flexibility index (Phi) is 7.67. The molecule has 2 aliphatic heterocycles. The molecule has 226 valence electrons. The Morgan fingerprint density at radius 1 is 1.27 bits per heavy atom. The average Bonchev–Trinajstić information content (AvgIpc) is 3.48. The lowest BCUT2D eigenvalue weighted by Gasteiger charge is -2.45. The summed E-state index contributed by atoms with van der Waals surface area (Å²) in [5, 5.41) is 18.2. The lowest BCUT2D eigenvalue weighted by molar-refractivity contribution is -0.129. The molecule has 0 spiro atoms. The number of piperazine rings is 1. The van der Waals surface area contributed by atoms with Crippen LogP contribution in [0.4, 0.5) is 10.2 Å². The Hall–Kier alpha value is -4.99. The van der Waals surface area contributed by atoms with Gasteiger partial charge in [-0.05, 0) is 55.9 Å². The van der Waals surface area contributed by atoms with Crippen LogP contribution in [0.5, 0.6) is 0 Å². The molecule has 2 unspecified atom stereocenters. The minimum atomic E-state index is -0.634. The Labute approximate surface area is 253 Å². The van der Waals surface area contributed by atoms with E-state index in [4.69, 9.17) is 4.98 Å². The number of halogens is 1. The first-order chi connectivity index (χ1) is 21.2. The number of fused-ring (bicyclic) bond motifs is 6. The number of carbonyl (C=O) groups excluding carboxylic acids is 1. The second-order valence-electron chi connectivity index (χ2n) is 11.6. The summed E-state index contributed by atoms with van der Waals surface area (Å²) in [6.45, 7) is 10.6. The van der Waals surface area contributed by atoms with Gasteiger partial charge in [0.2, 0.25) is 5.91 Å². The van der Waals surface area contributed by atoms with Crippen LogP contribution in [0, 0.1) is 17.1 Å². The minimum absolute atomic E-state index is 0.0250. The zero-order chi connectivity index (χ0) is 31.1. The molecule has 1 amide bonds. The Morgan fingerprint density at radius 3 is 2.84 bits per heavy atom. The van der Waals surface area contributed by atoms with Crippen molar-refractivity contribution in [3.8, 4) is 23.1 Å². The highest BCUT2D eigenvalue weighted by Gasteiger charge is 2.36. The van der Waals surface area contributed by atoms with Crippen molar-refractivity contribution >= 4 is 22.8 Å². The lowest BCUT2D eigenvalue weighted by atomic mass is 10.00. The van der Waals surface area contributed by atoms with Gasteiger partial charge in [-0.1, -0.05) is 25.6 Å². The smallest absolute Gasteiger partial charge is 0.349 e. The number of pyridine rings is 2. The summed E-state index contributed by atoms with van der Waals surface area (Å²) in [7, 11) is 0. The van der Waals surface area contributed by atoms with E-state index in [1.165, 1.54) is 16.7 Å². The number of anilines is 1. The van der Waals surface area contributed by atoms with E-state index in [1.807, 2.05) is 31.7 Å². The predicted octanol–water partition coefficient (Wildman–Crippen LogP) is 3.54. The normalized spacial score (nSPS) is 18.4. The Bertz CT molecular complexity index is 1870. The highest BCUT2D eigenvalue weighted by atomic mass is 19.1. The van der Waals surface area contributed by atoms with Crippen LogP contribution in [0.15, 0.2) is 42.0 Å². The van der Waals surface area contributed by atoms with Crippen molar-refractivity contribution in [3.63, 3.8) is 0 Å². The molecule has 0 aliphatic carbocycles. The highest BCUT2D eigenvalue weighted by molar-refractivity contribution is 5.91. The number of hydrogen-bond donors (Lipinski definition) is 0. The number of aromatic nitrogens is 7. The van der Waals surface area contributed by atoms with Gasteiger partial charge in [-0.25, -0.2) is 18.7 Å². The van der Waals surface area contributed by atoms with Gasteiger partial charge in [0.15, 0.2) is 11.5 Å². The molecular weight excluding hydrogens is 563 g/mol. The monoisotopic (exact) mass is 596 g/mol. The van der Waals surface area contributed by atoms with Gasteiger partial charge in [0.25, 0.3) is 0 Å². The van der Waals surface area contributed by atoms with Crippen LogP contribution in [0.25, 0.3) is 28.1 Å². The van der Waals surface area contributed by atoms with E-state index in [0.29, 0.717) is 29.7 Å². The summed E-state index contributed by atoms with van der Waals surface area (Å²) in [6.07, 6.45) is 7.02. The molecule has 0 N–H and O–H groups in total. The molecule has 4 bridgehead atoms. The van der Waals surface area contributed by atoms with Crippen molar-refractivity contribution < 1.29 is 9.18 Å². The van der Waals surface area contributed by atoms with Crippen LogP contribution in [0.2, 0.25) is 0 Å². The van der Waals surface area contributed by atoms with E-state index in [2.05, 4.69) is 32.9 Å². The maximum Gasteiger partial charge on any atom is 0.355 e. The average molecular weight is 597 g/mol. The molecule has 0 aromatic carbocycles. The number of hydrogen-bond acceptors (Lipinski definition) is 9.